The summed E-state index contributed by atoms with van der Waals surface area (Å²) in [6.07, 6.45) is 0. The van der Waals surface area contributed by atoms with Crippen LogP contribution >= 0.6 is 23.4 Å². The van der Waals surface area contributed by atoms with Crippen molar-refractivity contribution in [3.05, 3.63) is 53.6 Å². The first-order chi connectivity index (χ1) is 13.0. The molecule has 0 aliphatic rings. The van der Waals surface area contributed by atoms with Crippen LogP contribution in [0.4, 0.5) is 11.4 Å². The first kappa shape index (κ1) is 18.9. The maximum absolute atomic E-state index is 12.1. The number of amides is 2. The molecule has 0 atom stereocenters. The number of carbonyl (C=O) groups excluding carboxylic acids is 2. The fraction of sp³-hybridized carbons (Fsp3) is 0.111. The molecule has 1 aromatic heterocycles. The zero-order chi connectivity index (χ0) is 19.2. The Morgan fingerprint density at radius 3 is 2.30 bits per heavy atom. The summed E-state index contributed by atoms with van der Waals surface area (Å²) in [5.41, 5.74) is 2.18. The van der Waals surface area contributed by atoms with Crippen LogP contribution in [-0.4, -0.2) is 32.7 Å². The smallest absolute Gasteiger partial charge is 0.234 e. The molecule has 0 spiro atoms. The SMILES string of the molecule is CC(=O)Nc1ccc(NC(=O)CSc2n[nH]c(-c3ccc(Cl)cc3)n2)cc1. The van der Waals surface area contributed by atoms with Gasteiger partial charge in [-0.1, -0.05) is 23.4 Å². The van der Waals surface area contributed by atoms with E-state index in [0.29, 0.717) is 27.4 Å². The summed E-state index contributed by atoms with van der Waals surface area (Å²) in [6, 6.07) is 14.1. The molecular weight excluding hydrogens is 386 g/mol. The molecule has 0 saturated heterocycles. The van der Waals surface area contributed by atoms with Gasteiger partial charge in [0.05, 0.1) is 5.75 Å². The van der Waals surface area contributed by atoms with Crippen molar-refractivity contribution in [2.24, 2.45) is 0 Å². The van der Waals surface area contributed by atoms with E-state index in [1.54, 1.807) is 36.4 Å². The monoisotopic (exact) mass is 401 g/mol. The van der Waals surface area contributed by atoms with Crippen molar-refractivity contribution in [2.45, 2.75) is 12.1 Å². The predicted molar refractivity (Wildman–Crippen MR) is 107 cm³/mol. The molecule has 3 aromatic rings. The highest BCUT2D eigenvalue weighted by Crippen LogP contribution is 2.21. The molecule has 27 heavy (non-hydrogen) atoms. The topological polar surface area (TPSA) is 99.8 Å². The van der Waals surface area contributed by atoms with Gasteiger partial charge >= 0.3 is 0 Å². The molecule has 9 heteroatoms. The fourth-order valence-electron chi connectivity index (χ4n) is 2.22. The second-order valence-corrected chi connectivity index (χ2v) is 6.95. The summed E-state index contributed by atoms with van der Waals surface area (Å²) in [4.78, 5) is 27.4. The Bertz CT molecular complexity index is 941. The normalized spacial score (nSPS) is 10.4. The third kappa shape index (κ3) is 5.57. The Labute approximate surface area is 164 Å². The number of hydrogen-bond donors (Lipinski definition) is 3. The highest BCUT2D eigenvalue weighted by Gasteiger charge is 2.09. The molecular formula is C18H16ClN5O2S. The van der Waals surface area contributed by atoms with Crippen molar-refractivity contribution in [3.8, 4) is 11.4 Å². The quantitative estimate of drug-likeness (QED) is 0.545. The molecule has 0 radical (unpaired) electrons. The van der Waals surface area contributed by atoms with Gasteiger partial charge in [-0.2, -0.15) is 0 Å². The van der Waals surface area contributed by atoms with Crippen molar-refractivity contribution in [1.29, 1.82) is 0 Å². The predicted octanol–water partition coefficient (Wildman–Crippen LogP) is 3.81. The first-order valence-corrected chi connectivity index (χ1v) is 9.34. The van der Waals surface area contributed by atoms with E-state index in [-0.39, 0.29) is 17.6 Å². The third-order valence-electron chi connectivity index (χ3n) is 3.40. The minimum Gasteiger partial charge on any atom is -0.326 e. The van der Waals surface area contributed by atoms with Gasteiger partial charge in [0, 0.05) is 28.9 Å². The van der Waals surface area contributed by atoms with Gasteiger partial charge in [-0.3, -0.25) is 14.7 Å². The number of hydrogen-bond acceptors (Lipinski definition) is 5. The van der Waals surface area contributed by atoms with E-state index in [4.69, 9.17) is 11.6 Å². The highest BCUT2D eigenvalue weighted by atomic mass is 35.5. The summed E-state index contributed by atoms with van der Waals surface area (Å²) in [7, 11) is 0. The number of H-pyrrole nitrogens is 1. The van der Waals surface area contributed by atoms with E-state index in [2.05, 4.69) is 25.8 Å². The number of thioether (sulfide) groups is 1. The maximum atomic E-state index is 12.1. The molecule has 0 aliphatic heterocycles. The van der Waals surface area contributed by atoms with Crippen LogP contribution in [0.5, 0.6) is 0 Å². The summed E-state index contributed by atoms with van der Waals surface area (Å²) in [5.74, 6) is 0.464. The Kier molecular flexibility index (Phi) is 6.10. The summed E-state index contributed by atoms with van der Waals surface area (Å²) in [6.45, 7) is 1.44. The Morgan fingerprint density at radius 2 is 1.67 bits per heavy atom. The molecule has 0 fully saturated rings. The number of rotatable bonds is 6. The van der Waals surface area contributed by atoms with Gasteiger partial charge in [0.1, 0.15) is 0 Å². The lowest BCUT2D eigenvalue weighted by molar-refractivity contribution is -0.114. The average molecular weight is 402 g/mol. The van der Waals surface area contributed by atoms with Crippen molar-refractivity contribution < 1.29 is 9.59 Å². The van der Waals surface area contributed by atoms with E-state index >= 15 is 0 Å². The number of nitrogens with one attached hydrogen (secondary N) is 3. The van der Waals surface area contributed by atoms with E-state index in [0.717, 1.165) is 5.56 Å². The van der Waals surface area contributed by atoms with E-state index in [9.17, 15) is 9.59 Å². The van der Waals surface area contributed by atoms with Gasteiger partial charge in [0.15, 0.2) is 5.82 Å². The fourth-order valence-corrected chi connectivity index (χ4v) is 2.94. The van der Waals surface area contributed by atoms with Crippen LogP contribution in [0.25, 0.3) is 11.4 Å². The number of aromatic amines is 1. The van der Waals surface area contributed by atoms with Crippen LogP contribution < -0.4 is 10.6 Å². The van der Waals surface area contributed by atoms with Crippen LogP contribution in [0.1, 0.15) is 6.92 Å². The lowest BCUT2D eigenvalue weighted by atomic mass is 10.2. The molecule has 1 heterocycles. The summed E-state index contributed by atoms with van der Waals surface area (Å²) in [5, 5.41) is 13.5. The summed E-state index contributed by atoms with van der Waals surface area (Å²) >= 11 is 7.10. The van der Waals surface area contributed by atoms with Crippen molar-refractivity contribution in [3.63, 3.8) is 0 Å². The van der Waals surface area contributed by atoms with Crippen molar-refractivity contribution in [1.82, 2.24) is 15.2 Å². The number of carbonyl (C=O) groups is 2. The first-order valence-electron chi connectivity index (χ1n) is 7.98. The zero-order valence-electron chi connectivity index (χ0n) is 14.3. The van der Waals surface area contributed by atoms with E-state index in [1.807, 2.05) is 12.1 Å². The second kappa shape index (κ2) is 8.70. The summed E-state index contributed by atoms with van der Waals surface area (Å²) < 4.78 is 0. The van der Waals surface area contributed by atoms with Crippen molar-refractivity contribution >= 4 is 46.6 Å². The molecule has 3 rings (SSSR count). The minimum atomic E-state index is -0.176. The van der Waals surface area contributed by atoms with Gasteiger partial charge in [-0.25, -0.2) is 4.98 Å². The number of nitrogens with zero attached hydrogens (tertiary/aromatic N) is 2. The third-order valence-corrected chi connectivity index (χ3v) is 4.50. The van der Waals surface area contributed by atoms with Gasteiger partial charge in [-0.05, 0) is 48.5 Å². The Hall–Kier alpha value is -2.84. The lowest BCUT2D eigenvalue weighted by Gasteiger charge is -2.06. The van der Waals surface area contributed by atoms with E-state index < -0.39 is 0 Å². The second-order valence-electron chi connectivity index (χ2n) is 5.57. The molecule has 3 N–H and O–H groups in total. The Morgan fingerprint density at radius 1 is 1.04 bits per heavy atom. The molecule has 0 bridgehead atoms. The highest BCUT2D eigenvalue weighted by molar-refractivity contribution is 7.99. The standard InChI is InChI=1S/C18H16ClN5O2S/c1-11(25)20-14-6-8-15(9-7-14)21-16(26)10-27-18-22-17(23-24-18)12-2-4-13(19)5-3-12/h2-9H,10H2,1H3,(H,20,25)(H,21,26)(H,22,23,24). The minimum absolute atomic E-state index is 0.146. The molecule has 2 amide bonds. The van der Waals surface area contributed by atoms with E-state index in [1.165, 1.54) is 18.7 Å². The molecule has 138 valence electrons. The molecule has 0 aliphatic carbocycles. The van der Waals surface area contributed by atoms with Crippen LogP contribution in [-0.2, 0) is 9.59 Å². The van der Waals surface area contributed by atoms with Crippen LogP contribution in [0.3, 0.4) is 0 Å². The van der Waals surface area contributed by atoms with Crippen molar-refractivity contribution in [2.75, 3.05) is 16.4 Å². The zero-order valence-corrected chi connectivity index (χ0v) is 15.9. The largest absolute Gasteiger partial charge is 0.326 e. The van der Waals surface area contributed by atoms with Gasteiger partial charge < -0.3 is 10.6 Å². The van der Waals surface area contributed by atoms with Crippen LogP contribution in [0, 0.1) is 0 Å². The number of halogens is 1. The number of benzene rings is 2. The Balaban J connectivity index is 1.52. The van der Waals surface area contributed by atoms with Gasteiger partial charge in [0.2, 0.25) is 17.0 Å². The molecule has 0 unspecified atom stereocenters. The number of anilines is 2. The average Bonchev–Trinajstić information content (AvgIpc) is 3.11. The molecule has 7 nitrogen and oxygen atoms in total. The maximum Gasteiger partial charge on any atom is 0.234 e. The lowest BCUT2D eigenvalue weighted by Crippen LogP contribution is -2.14. The van der Waals surface area contributed by atoms with Gasteiger partial charge in [0.25, 0.3) is 0 Å². The molecule has 0 saturated carbocycles. The van der Waals surface area contributed by atoms with Gasteiger partial charge in [-0.15, -0.1) is 5.10 Å². The molecule has 2 aromatic carbocycles. The number of aromatic nitrogens is 3. The van der Waals surface area contributed by atoms with Crippen LogP contribution in [0.2, 0.25) is 5.02 Å². The van der Waals surface area contributed by atoms with Crippen LogP contribution in [0.15, 0.2) is 53.7 Å².